The molecule has 3 aromatic rings. The molecule has 0 spiro atoms. The molecule has 7 nitrogen and oxygen atoms in total. The molecule has 0 aliphatic rings. The predicted molar refractivity (Wildman–Crippen MR) is 133 cm³/mol. The second-order valence-electron chi connectivity index (χ2n) is 7.22. The summed E-state index contributed by atoms with van der Waals surface area (Å²) in [6, 6.07) is 19.4. The second kappa shape index (κ2) is 12.1. The maximum atomic E-state index is 12.2. The lowest BCUT2D eigenvalue weighted by atomic mass is 10.1. The van der Waals surface area contributed by atoms with Crippen LogP contribution in [0.25, 0.3) is 0 Å². The molecule has 0 heterocycles. The number of para-hydroxylation sites is 1. The molecule has 0 bridgehead atoms. The molecule has 0 aromatic heterocycles. The minimum atomic E-state index is -0.889. The number of methoxy groups -OCH3 is 1. The van der Waals surface area contributed by atoms with E-state index in [0.717, 1.165) is 11.1 Å². The summed E-state index contributed by atoms with van der Waals surface area (Å²) in [5, 5.41) is 7.41. The van der Waals surface area contributed by atoms with Gasteiger partial charge in [0, 0.05) is 5.56 Å². The van der Waals surface area contributed by atoms with Crippen LogP contribution in [0.2, 0.25) is 10.0 Å². The molecular weight excluding hydrogens is 477 g/mol. The molecule has 0 saturated carbocycles. The zero-order valence-corrected chi connectivity index (χ0v) is 20.1. The van der Waals surface area contributed by atoms with Gasteiger partial charge in [0.05, 0.1) is 29.4 Å². The summed E-state index contributed by atoms with van der Waals surface area (Å²) in [6.07, 6.45) is 1.37. The summed E-state index contributed by atoms with van der Waals surface area (Å²) in [5.41, 5.74) is 4.46. The normalized spacial score (nSPS) is 11.6. The molecule has 0 unspecified atom stereocenters. The van der Waals surface area contributed by atoms with Gasteiger partial charge in [0.15, 0.2) is 11.5 Å². The van der Waals surface area contributed by atoms with Crippen LogP contribution >= 0.6 is 23.2 Å². The Morgan fingerprint density at radius 3 is 2.47 bits per heavy atom. The van der Waals surface area contributed by atoms with E-state index in [4.69, 9.17) is 32.7 Å². The number of nitrogens with zero attached hydrogens (tertiary/aromatic N) is 1. The molecule has 0 fully saturated rings. The molecule has 1 atom stereocenters. The Morgan fingerprint density at radius 1 is 1.00 bits per heavy atom. The number of hydrogen-bond acceptors (Lipinski definition) is 5. The summed E-state index contributed by atoms with van der Waals surface area (Å²) in [7, 11) is 1.52. The van der Waals surface area contributed by atoms with Gasteiger partial charge in [-0.05, 0) is 42.3 Å². The van der Waals surface area contributed by atoms with E-state index in [0.29, 0.717) is 27.1 Å². The first-order valence-corrected chi connectivity index (χ1v) is 11.1. The number of ether oxygens (including phenoxy) is 2. The van der Waals surface area contributed by atoms with Crippen LogP contribution < -0.4 is 20.2 Å². The third-order valence-electron chi connectivity index (χ3n) is 4.82. The number of carbonyl (C=O) groups is 2. The third-order valence-corrected chi connectivity index (χ3v) is 5.56. The molecule has 0 radical (unpaired) electrons. The number of hydrazone groups is 1. The van der Waals surface area contributed by atoms with Crippen LogP contribution in [-0.2, 0) is 16.2 Å². The van der Waals surface area contributed by atoms with Crippen LogP contribution in [0.5, 0.6) is 11.5 Å². The SMILES string of the molecule is COc1cccc(/C=N\NC(=O)C(=O)N[C@H](C)c2ccccc2)c1OCc1ccc(Cl)c(Cl)c1. The van der Waals surface area contributed by atoms with E-state index in [9.17, 15) is 9.59 Å². The first-order chi connectivity index (χ1) is 16.4. The summed E-state index contributed by atoms with van der Waals surface area (Å²) in [4.78, 5) is 24.3. The molecule has 3 rings (SSSR count). The Morgan fingerprint density at radius 2 is 1.76 bits per heavy atom. The number of carbonyl (C=O) groups excluding carboxylic acids is 2. The van der Waals surface area contributed by atoms with Crippen molar-refractivity contribution in [1.82, 2.24) is 10.7 Å². The van der Waals surface area contributed by atoms with Crippen molar-refractivity contribution in [2.45, 2.75) is 19.6 Å². The molecule has 0 saturated heterocycles. The van der Waals surface area contributed by atoms with Crippen molar-refractivity contribution >= 4 is 41.2 Å². The number of nitrogens with one attached hydrogen (secondary N) is 2. The molecule has 34 heavy (non-hydrogen) atoms. The number of hydrogen-bond donors (Lipinski definition) is 2. The fourth-order valence-electron chi connectivity index (χ4n) is 3.03. The quantitative estimate of drug-likeness (QED) is 0.261. The standard InChI is InChI=1S/C25H23Cl2N3O4/c1-16(18-7-4-3-5-8-18)29-24(31)25(32)30-28-14-19-9-6-10-22(33-2)23(19)34-15-17-11-12-20(26)21(27)13-17/h3-14,16H,15H2,1-2H3,(H,29,31)(H,30,32)/b28-14-/t16-/m1/s1. The third kappa shape index (κ3) is 6.73. The van der Waals surface area contributed by atoms with E-state index in [-0.39, 0.29) is 12.6 Å². The van der Waals surface area contributed by atoms with Crippen molar-refractivity contribution in [3.8, 4) is 11.5 Å². The van der Waals surface area contributed by atoms with E-state index in [2.05, 4.69) is 15.8 Å². The number of halogens is 2. The smallest absolute Gasteiger partial charge is 0.329 e. The van der Waals surface area contributed by atoms with Crippen molar-refractivity contribution in [3.05, 3.63) is 93.5 Å². The Labute approximate surface area is 207 Å². The van der Waals surface area contributed by atoms with Crippen LogP contribution in [0.15, 0.2) is 71.8 Å². The van der Waals surface area contributed by atoms with Gasteiger partial charge in [-0.15, -0.1) is 0 Å². The second-order valence-corrected chi connectivity index (χ2v) is 8.04. The largest absolute Gasteiger partial charge is 0.493 e. The molecular formula is C25H23Cl2N3O4. The zero-order valence-electron chi connectivity index (χ0n) is 18.5. The number of benzene rings is 3. The fraction of sp³-hybridized carbons (Fsp3) is 0.160. The van der Waals surface area contributed by atoms with Crippen molar-refractivity contribution in [2.24, 2.45) is 5.10 Å². The summed E-state index contributed by atoms with van der Waals surface area (Å²) in [5.74, 6) is -0.795. The number of rotatable bonds is 8. The minimum absolute atomic E-state index is 0.199. The van der Waals surface area contributed by atoms with Gasteiger partial charge < -0.3 is 14.8 Å². The average molecular weight is 500 g/mol. The highest BCUT2D eigenvalue weighted by Crippen LogP contribution is 2.31. The lowest BCUT2D eigenvalue weighted by Crippen LogP contribution is -2.39. The number of amides is 2. The van der Waals surface area contributed by atoms with E-state index in [1.165, 1.54) is 13.3 Å². The Balaban J connectivity index is 1.64. The van der Waals surface area contributed by atoms with E-state index in [1.807, 2.05) is 30.3 Å². The molecule has 0 aliphatic carbocycles. The topological polar surface area (TPSA) is 89.0 Å². The van der Waals surface area contributed by atoms with Gasteiger partial charge in [-0.3, -0.25) is 9.59 Å². The molecule has 2 amide bonds. The van der Waals surface area contributed by atoms with E-state index in [1.54, 1.807) is 43.3 Å². The highest BCUT2D eigenvalue weighted by molar-refractivity contribution is 6.42. The van der Waals surface area contributed by atoms with Crippen LogP contribution in [0.3, 0.4) is 0 Å². The predicted octanol–water partition coefficient (Wildman–Crippen LogP) is 4.91. The van der Waals surface area contributed by atoms with Crippen molar-refractivity contribution in [2.75, 3.05) is 7.11 Å². The summed E-state index contributed by atoms with van der Waals surface area (Å²) in [6.45, 7) is 1.99. The highest BCUT2D eigenvalue weighted by atomic mass is 35.5. The van der Waals surface area contributed by atoms with Gasteiger partial charge in [-0.1, -0.05) is 65.7 Å². The Hall–Kier alpha value is -3.55. The minimum Gasteiger partial charge on any atom is -0.493 e. The Bertz CT molecular complexity index is 1190. The van der Waals surface area contributed by atoms with Crippen molar-refractivity contribution < 1.29 is 19.1 Å². The van der Waals surface area contributed by atoms with Crippen molar-refractivity contribution in [3.63, 3.8) is 0 Å². The maximum Gasteiger partial charge on any atom is 0.329 e. The van der Waals surface area contributed by atoms with Crippen LogP contribution in [0.4, 0.5) is 0 Å². The van der Waals surface area contributed by atoms with Crippen LogP contribution in [0.1, 0.15) is 29.7 Å². The lowest BCUT2D eigenvalue weighted by molar-refractivity contribution is -0.139. The monoisotopic (exact) mass is 499 g/mol. The maximum absolute atomic E-state index is 12.2. The summed E-state index contributed by atoms with van der Waals surface area (Å²) >= 11 is 12.0. The van der Waals surface area contributed by atoms with E-state index < -0.39 is 11.8 Å². The first-order valence-electron chi connectivity index (χ1n) is 10.3. The van der Waals surface area contributed by atoms with Gasteiger partial charge >= 0.3 is 11.8 Å². The summed E-state index contributed by atoms with van der Waals surface area (Å²) < 4.78 is 11.3. The zero-order chi connectivity index (χ0) is 24.5. The van der Waals surface area contributed by atoms with Crippen LogP contribution in [0, 0.1) is 0 Å². The average Bonchev–Trinajstić information content (AvgIpc) is 2.85. The first kappa shape index (κ1) is 25.1. The molecule has 2 N–H and O–H groups in total. The van der Waals surface area contributed by atoms with Crippen molar-refractivity contribution in [1.29, 1.82) is 0 Å². The Kier molecular flexibility index (Phi) is 8.90. The van der Waals surface area contributed by atoms with E-state index >= 15 is 0 Å². The molecule has 9 heteroatoms. The van der Waals surface area contributed by atoms with Gasteiger partial charge in [-0.25, -0.2) is 5.43 Å². The molecule has 176 valence electrons. The van der Waals surface area contributed by atoms with Crippen LogP contribution in [-0.4, -0.2) is 25.1 Å². The van der Waals surface area contributed by atoms with Gasteiger partial charge in [-0.2, -0.15) is 5.10 Å². The van der Waals surface area contributed by atoms with Gasteiger partial charge in [0.1, 0.15) is 6.61 Å². The van der Waals surface area contributed by atoms with Gasteiger partial charge in [0.25, 0.3) is 0 Å². The lowest BCUT2D eigenvalue weighted by Gasteiger charge is -2.14. The molecule has 3 aromatic carbocycles. The fourth-order valence-corrected chi connectivity index (χ4v) is 3.35. The van der Waals surface area contributed by atoms with Gasteiger partial charge in [0.2, 0.25) is 0 Å². The highest BCUT2D eigenvalue weighted by Gasteiger charge is 2.16. The molecule has 0 aliphatic heterocycles.